The number of fused-ring (bicyclic) bond motifs is 6. The van der Waals surface area contributed by atoms with Gasteiger partial charge >= 0.3 is 0 Å². The first kappa shape index (κ1) is 15.5. The van der Waals surface area contributed by atoms with Crippen molar-refractivity contribution in [3.8, 4) is 11.5 Å². The SMILES string of the molecule is CC(C)CC1c2c(ccc3ccccc23)Oc2ccc3ccccc3c21. The van der Waals surface area contributed by atoms with E-state index in [9.17, 15) is 0 Å². The van der Waals surface area contributed by atoms with Gasteiger partial charge in [0.25, 0.3) is 0 Å². The second-order valence-electron chi connectivity index (χ2n) is 7.68. The van der Waals surface area contributed by atoms with Crippen LogP contribution in [-0.2, 0) is 0 Å². The average Bonchev–Trinajstić information content (AvgIpc) is 2.66. The highest BCUT2D eigenvalue weighted by Crippen LogP contribution is 2.51. The molecule has 0 N–H and O–H groups in total. The second-order valence-corrected chi connectivity index (χ2v) is 7.68. The van der Waals surface area contributed by atoms with Crippen molar-refractivity contribution in [1.82, 2.24) is 0 Å². The van der Waals surface area contributed by atoms with Gasteiger partial charge in [0.05, 0.1) is 0 Å². The summed E-state index contributed by atoms with van der Waals surface area (Å²) in [6.45, 7) is 4.62. The molecule has 1 aliphatic rings. The van der Waals surface area contributed by atoms with Crippen LogP contribution < -0.4 is 4.74 Å². The lowest BCUT2D eigenvalue weighted by molar-refractivity contribution is 0.430. The summed E-state index contributed by atoms with van der Waals surface area (Å²) < 4.78 is 6.41. The van der Waals surface area contributed by atoms with E-state index in [1.54, 1.807) is 0 Å². The highest BCUT2D eigenvalue weighted by molar-refractivity contribution is 5.94. The molecular formula is C25H22O. The van der Waals surface area contributed by atoms with Crippen LogP contribution in [0.15, 0.2) is 72.8 Å². The smallest absolute Gasteiger partial charge is 0.131 e. The van der Waals surface area contributed by atoms with E-state index in [4.69, 9.17) is 4.74 Å². The van der Waals surface area contributed by atoms with E-state index in [-0.39, 0.29) is 0 Å². The molecule has 5 rings (SSSR count). The van der Waals surface area contributed by atoms with E-state index >= 15 is 0 Å². The molecule has 4 aromatic rings. The van der Waals surface area contributed by atoms with E-state index in [0.717, 1.165) is 17.9 Å². The summed E-state index contributed by atoms with van der Waals surface area (Å²) in [4.78, 5) is 0. The van der Waals surface area contributed by atoms with E-state index in [1.165, 1.54) is 32.7 Å². The zero-order chi connectivity index (χ0) is 17.7. The van der Waals surface area contributed by atoms with Gasteiger partial charge in [-0.05, 0) is 46.0 Å². The first-order valence-corrected chi connectivity index (χ1v) is 9.43. The standard InChI is InChI=1S/C25H22O/c1-16(2)15-21-24-19-9-5-3-7-17(19)11-13-22(24)26-23-14-12-18-8-4-6-10-20(18)25(21)23/h3-14,16,21H,15H2,1-2H3. The lowest BCUT2D eigenvalue weighted by Crippen LogP contribution is -2.13. The molecule has 0 atom stereocenters. The van der Waals surface area contributed by atoms with Crippen molar-refractivity contribution in [1.29, 1.82) is 0 Å². The van der Waals surface area contributed by atoms with Gasteiger partial charge in [-0.3, -0.25) is 0 Å². The van der Waals surface area contributed by atoms with E-state index in [0.29, 0.717) is 11.8 Å². The van der Waals surface area contributed by atoms with Crippen molar-refractivity contribution in [3.05, 3.63) is 83.9 Å². The molecule has 4 aromatic carbocycles. The first-order valence-electron chi connectivity index (χ1n) is 9.43. The zero-order valence-electron chi connectivity index (χ0n) is 15.2. The molecule has 0 bridgehead atoms. The Morgan fingerprint density at radius 2 is 1.19 bits per heavy atom. The van der Waals surface area contributed by atoms with Gasteiger partial charge in [0.2, 0.25) is 0 Å². The number of hydrogen-bond acceptors (Lipinski definition) is 1. The van der Waals surface area contributed by atoms with Crippen LogP contribution in [0.5, 0.6) is 11.5 Å². The molecule has 26 heavy (non-hydrogen) atoms. The van der Waals surface area contributed by atoms with Gasteiger partial charge in [-0.25, -0.2) is 0 Å². The molecule has 0 aromatic heterocycles. The third-order valence-electron chi connectivity index (χ3n) is 5.49. The Kier molecular flexibility index (Phi) is 3.49. The largest absolute Gasteiger partial charge is 0.457 e. The number of benzene rings is 4. The average molecular weight is 338 g/mol. The Morgan fingerprint density at radius 3 is 1.69 bits per heavy atom. The third-order valence-corrected chi connectivity index (χ3v) is 5.49. The molecule has 1 heterocycles. The monoisotopic (exact) mass is 338 g/mol. The minimum atomic E-state index is 0.353. The quantitative estimate of drug-likeness (QED) is 0.373. The molecule has 0 radical (unpaired) electrons. The molecule has 0 saturated carbocycles. The predicted octanol–water partition coefficient (Wildman–Crippen LogP) is 7.28. The van der Waals surface area contributed by atoms with E-state index < -0.39 is 0 Å². The third kappa shape index (κ3) is 2.31. The fourth-order valence-electron chi connectivity index (χ4n) is 4.42. The maximum absolute atomic E-state index is 6.41. The molecular weight excluding hydrogens is 316 g/mol. The van der Waals surface area contributed by atoms with Crippen LogP contribution in [0.1, 0.15) is 37.3 Å². The zero-order valence-corrected chi connectivity index (χ0v) is 15.2. The van der Waals surface area contributed by atoms with Crippen LogP contribution in [0.4, 0.5) is 0 Å². The van der Waals surface area contributed by atoms with Gasteiger partial charge in [-0.1, -0.05) is 74.5 Å². The van der Waals surface area contributed by atoms with Crippen LogP contribution in [0, 0.1) is 5.92 Å². The van der Waals surface area contributed by atoms with Crippen LogP contribution in [0.25, 0.3) is 21.5 Å². The predicted molar refractivity (Wildman–Crippen MR) is 109 cm³/mol. The molecule has 128 valence electrons. The van der Waals surface area contributed by atoms with Gasteiger partial charge in [0, 0.05) is 17.0 Å². The lowest BCUT2D eigenvalue weighted by atomic mass is 9.78. The fraction of sp³-hybridized carbons (Fsp3) is 0.200. The summed E-state index contributed by atoms with van der Waals surface area (Å²) in [6, 6.07) is 26.0. The number of hydrogen-bond donors (Lipinski definition) is 0. The lowest BCUT2D eigenvalue weighted by Gasteiger charge is -2.31. The number of rotatable bonds is 2. The molecule has 0 unspecified atom stereocenters. The van der Waals surface area contributed by atoms with Crippen LogP contribution in [-0.4, -0.2) is 0 Å². The summed E-state index contributed by atoms with van der Waals surface area (Å²) in [5, 5.41) is 5.20. The van der Waals surface area contributed by atoms with Gasteiger partial charge in [-0.2, -0.15) is 0 Å². The summed E-state index contributed by atoms with van der Waals surface area (Å²) in [5.41, 5.74) is 2.70. The number of ether oxygens (including phenoxy) is 1. The van der Waals surface area contributed by atoms with E-state index in [1.807, 2.05) is 0 Å². The Bertz CT molecular complexity index is 1040. The van der Waals surface area contributed by atoms with Crippen LogP contribution in [0.3, 0.4) is 0 Å². The Labute approximate surface area is 154 Å². The maximum Gasteiger partial charge on any atom is 0.131 e. The molecule has 0 fully saturated rings. The summed E-state index contributed by atoms with van der Waals surface area (Å²) in [7, 11) is 0. The molecule has 1 aliphatic heterocycles. The normalized spacial score (nSPS) is 13.7. The molecule has 0 saturated heterocycles. The van der Waals surface area contributed by atoms with Gasteiger partial charge < -0.3 is 4.74 Å². The second kappa shape index (κ2) is 5.88. The highest BCUT2D eigenvalue weighted by atomic mass is 16.5. The Balaban J connectivity index is 1.85. The summed E-state index contributed by atoms with van der Waals surface area (Å²) >= 11 is 0. The Morgan fingerprint density at radius 1 is 0.692 bits per heavy atom. The maximum atomic E-state index is 6.41. The molecule has 0 aliphatic carbocycles. The van der Waals surface area contributed by atoms with Crippen molar-refractivity contribution < 1.29 is 4.74 Å². The Hall–Kier alpha value is -2.80. The van der Waals surface area contributed by atoms with Crippen LogP contribution >= 0.6 is 0 Å². The van der Waals surface area contributed by atoms with Crippen LogP contribution in [0.2, 0.25) is 0 Å². The van der Waals surface area contributed by atoms with Crippen molar-refractivity contribution in [2.75, 3.05) is 0 Å². The molecule has 1 heteroatoms. The van der Waals surface area contributed by atoms with Crippen molar-refractivity contribution in [3.63, 3.8) is 0 Å². The summed E-state index contributed by atoms with van der Waals surface area (Å²) in [5.74, 6) is 2.98. The molecule has 1 nitrogen and oxygen atoms in total. The van der Waals surface area contributed by atoms with E-state index in [2.05, 4.69) is 86.6 Å². The fourth-order valence-corrected chi connectivity index (χ4v) is 4.42. The first-order chi connectivity index (χ1) is 12.7. The minimum Gasteiger partial charge on any atom is -0.457 e. The molecule has 0 spiro atoms. The van der Waals surface area contributed by atoms with Gasteiger partial charge in [0.15, 0.2) is 0 Å². The van der Waals surface area contributed by atoms with Gasteiger partial charge in [-0.15, -0.1) is 0 Å². The molecule has 0 amide bonds. The highest BCUT2D eigenvalue weighted by Gasteiger charge is 2.31. The summed E-state index contributed by atoms with van der Waals surface area (Å²) in [6.07, 6.45) is 1.12. The minimum absolute atomic E-state index is 0.353. The van der Waals surface area contributed by atoms with Crippen molar-refractivity contribution >= 4 is 21.5 Å². The topological polar surface area (TPSA) is 9.23 Å². The van der Waals surface area contributed by atoms with Crippen molar-refractivity contribution in [2.45, 2.75) is 26.2 Å². The van der Waals surface area contributed by atoms with Crippen molar-refractivity contribution in [2.24, 2.45) is 5.92 Å². The van der Waals surface area contributed by atoms with Gasteiger partial charge in [0.1, 0.15) is 11.5 Å².